The lowest BCUT2D eigenvalue weighted by atomic mass is 9.95. The van der Waals surface area contributed by atoms with E-state index < -0.39 is 16.1 Å². The lowest BCUT2D eigenvalue weighted by molar-refractivity contribution is -0.141. The molecule has 1 fully saturated rings. The Bertz CT molecular complexity index is 1260. The van der Waals surface area contributed by atoms with Gasteiger partial charge in [0.2, 0.25) is 21.8 Å². The zero-order chi connectivity index (χ0) is 29.3. The van der Waals surface area contributed by atoms with Crippen LogP contribution in [0.2, 0.25) is 5.02 Å². The van der Waals surface area contributed by atoms with E-state index in [1.165, 1.54) is 23.9 Å². The molecule has 1 unspecified atom stereocenters. The molecule has 1 N–H and O–H groups in total. The maximum Gasteiger partial charge on any atom is 0.243 e. The molecule has 8 nitrogen and oxygen atoms in total. The summed E-state index contributed by atoms with van der Waals surface area (Å²) in [5, 5.41) is 3.48. The molecule has 0 saturated heterocycles. The molecule has 220 valence electrons. The minimum absolute atomic E-state index is 0.0922. The van der Waals surface area contributed by atoms with E-state index in [1.54, 1.807) is 17.0 Å². The topological polar surface area (TPSA) is 96.0 Å². The predicted molar refractivity (Wildman–Crippen MR) is 160 cm³/mol. The summed E-state index contributed by atoms with van der Waals surface area (Å²) in [5.41, 5.74) is 2.42. The highest BCUT2D eigenvalue weighted by Gasteiger charge is 2.30. The molecule has 0 aliphatic heterocycles. The monoisotopic (exact) mass is 591 g/mol. The number of benzene rings is 2. The second-order valence-electron chi connectivity index (χ2n) is 10.5. The van der Waals surface area contributed by atoms with Gasteiger partial charge in [0.25, 0.3) is 0 Å². The van der Waals surface area contributed by atoms with E-state index >= 15 is 0 Å². The summed E-state index contributed by atoms with van der Waals surface area (Å²) in [5.74, 6) is 0.132. The van der Waals surface area contributed by atoms with Gasteiger partial charge in [-0.05, 0) is 56.4 Å². The molecular formula is C30H42ClN3O5S. The number of halogens is 1. The van der Waals surface area contributed by atoms with Gasteiger partial charge in [-0.1, -0.05) is 67.6 Å². The Kier molecular flexibility index (Phi) is 11.7. The maximum atomic E-state index is 13.7. The maximum absolute atomic E-state index is 13.7. The summed E-state index contributed by atoms with van der Waals surface area (Å²) < 4.78 is 31.7. The lowest BCUT2D eigenvalue weighted by Crippen LogP contribution is -2.51. The third-order valence-electron chi connectivity index (χ3n) is 7.35. The third kappa shape index (κ3) is 8.86. The van der Waals surface area contributed by atoms with Crippen LogP contribution in [0.1, 0.15) is 69.4 Å². The molecule has 1 aliphatic rings. The first-order valence-corrected chi connectivity index (χ1v) is 16.2. The molecule has 1 saturated carbocycles. The Morgan fingerprint density at radius 1 is 1.12 bits per heavy atom. The van der Waals surface area contributed by atoms with Gasteiger partial charge >= 0.3 is 0 Å². The van der Waals surface area contributed by atoms with E-state index in [1.807, 2.05) is 38.1 Å². The van der Waals surface area contributed by atoms with Gasteiger partial charge in [-0.15, -0.1) is 0 Å². The Morgan fingerprint density at radius 3 is 2.45 bits per heavy atom. The highest BCUT2D eigenvalue weighted by molar-refractivity contribution is 7.92. The summed E-state index contributed by atoms with van der Waals surface area (Å²) >= 11 is 6.24. The molecule has 40 heavy (non-hydrogen) atoms. The molecule has 2 aromatic carbocycles. The summed E-state index contributed by atoms with van der Waals surface area (Å²) in [6, 6.07) is 12.2. The van der Waals surface area contributed by atoms with Gasteiger partial charge in [0.05, 0.1) is 24.1 Å². The number of aryl methyl sites for hydroxylation is 1. The third-order valence-corrected chi connectivity index (χ3v) is 8.84. The van der Waals surface area contributed by atoms with Gasteiger partial charge < -0.3 is 15.0 Å². The van der Waals surface area contributed by atoms with Crippen LogP contribution in [0, 0.1) is 6.92 Å². The quantitative estimate of drug-likeness (QED) is 0.334. The van der Waals surface area contributed by atoms with E-state index in [-0.39, 0.29) is 37.2 Å². The lowest BCUT2D eigenvalue weighted by Gasteiger charge is -2.33. The molecule has 0 bridgehead atoms. The highest BCUT2D eigenvalue weighted by Crippen LogP contribution is 2.30. The number of sulfonamides is 1. The molecule has 1 atom stereocenters. The second-order valence-corrected chi connectivity index (χ2v) is 12.8. The fraction of sp³-hybridized carbons (Fsp3) is 0.533. The summed E-state index contributed by atoms with van der Waals surface area (Å²) in [6.07, 6.45) is 7.29. The van der Waals surface area contributed by atoms with E-state index in [0.29, 0.717) is 29.4 Å². The average molecular weight is 592 g/mol. The number of nitrogens with one attached hydrogen (secondary N) is 1. The van der Waals surface area contributed by atoms with Crippen molar-refractivity contribution in [2.75, 3.05) is 24.2 Å². The number of anilines is 1. The Balaban J connectivity index is 1.77. The van der Waals surface area contributed by atoms with E-state index in [4.69, 9.17) is 16.3 Å². The molecule has 2 aromatic rings. The first kappa shape index (κ1) is 31.7. The van der Waals surface area contributed by atoms with Crippen molar-refractivity contribution < 1.29 is 22.7 Å². The van der Waals surface area contributed by atoms with Crippen molar-refractivity contribution in [1.82, 2.24) is 10.2 Å². The normalized spacial score (nSPS) is 14.8. The van der Waals surface area contributed by atoms with Crippen molar-refractivity contribution in [3.63, 3.8) is 0 Å². The van der Waals surface area contributed by atoms with Crippen LogP contribution < -0.4 is 14.4 Å². The van der Waals surface area contributed by atoms with E-state index in [9.17, 15) is 18.0 Å². The molecule has 0 radical (unpaired) electrons. The van der Waals surface area contributed by atoms with Gasteiger partial charge in [-0.3, -0.25) is 13.9 Å². The number of amides is 2. The van der Waals surface area contributed by atoms with Gasteiger partial charge in [0.15, 0.2) is 0 Å². The van der Waals surface area contributed by atoms with Crippen LogP contribution in [-0.4, -0.2) is 57.1 Å². The average Bonchev–Trinajstić information content (AvgIpc) is 2.90. The molecule has 0 aromatic heterocycles. The van der Waals surface area contributed by atoms with Crippen LogP contribution in [0.25, 0.3) is 0 Å². The standard InChI is InChI=1S/C30H42ClN3O5S/c1-5-27(30(36)32-24-13-7-6-8-14-24)33(21-23-12-9-11-22(2)19-23)29(35)15-10-18-34(40(4,37)38)25-16-17-28(39-3)26(31)20-25/h9,11-12,16-17,19-20,24,27H,5-8,10,13-15,18,21H2,1-4H3,(H,32,36). The molecule has 2 amide bonds. The zero-order valence-corrected chi connectivity index (χ0v) is 25.6. The number of carbonyl (C=O) groups excluding carboxylic acids is 2. The highest BCUT2D eigenvalue weighted by atomic mass is 35.5. The van der Waals surface area contributed by atoms with Crippen molar-refractivity contribution in [2.45, 2.75) is 83.8 Å². The van der Waals surface area contributed by atoms with Crippen LogP contribution in [0.5, 0.6) is 5.75 Å². The largest absolute Gasteiger partial charge is 0.495 e. The zero-order valence-electron chi connectivity index (χ0n) is 24.0. The molecule has 10 heteroatoms. The van der Waals surface area contributed by atoms with Crippen molar-refractivity contribution in [3.8, 4) is 5.75 Å². The number of methoxy groups -OCH3 is 1. The number of nitrogens with zero attached hydrogens (tertiary/aromatic N) is 2. The minimum Gasteiger partial charge on any atom is -0.495 e. The molecule has 0 spiro atoms. The predicted octanol–water partition coefficient (Wildman–Crippen LogP) is 5.46. The first-order chi connectivity index (χ1) is 19.0. The van der Waals surface area contributed by atoms with E-state index in [0.717, 1.165) is 43.1 Å². The Labute approximate surface area is 244 Å². The van der Waals surface area contributed by atoms with Crippen molar-refractivity contribution >= 4 is 39.1 Å². The molecular weight excluding hydrogens is 550 g/mol. The smallest absolute Gasteiger partial charge is 0.243 e. The number of rotatable bonds is 13. The van der Waals surface area contributed by atoms with Crippen LogP contribution >= 0.6 is 11.6 Å². The number of carbonyl (C=O) groups is 2. The van der Waals surface area contributed by atoms with Crippen molar-refractivity contribution in [2.24, 2.45) is 0 Å². The molecule has 1 aliphatic carbocycles. The minimum atomic E-state index is -3.63. The van der Waals surface area contributed by atoms with Gasteiger partial charge in [-0.25, -0.2) is 8.42 Å². The molecule has 0 heterocycles. The van der Waals surface area contributed by atoms with Gasteiger partial charge in [0.1, 0.15) is 11.8 Å². The first-order valence-electron chi connectivity index (χ1n) is 14.0. The SMILES string of the molecule is CCC(C(=O)NC1CCCCC1)N(Cc1cccc(C)c1)C(=O)CCCN(c1ccc(OC)c(Cl)c1)S(C)(=O)=O. The van der Waals surface area contributed by atoms with Crippen LogP contribution in [0.15, 0.2) is 42.5 Å². The Hall–Kier alpha value is -2.78. The summed E-state index contributed by atoms with van der Waals surface area (Å²) in [4.78, 5) is 28.7. The Morgan fingerprint density at radius 2 is 1.85 bits per heavy atom. The van der Waals surface area contributed by atoms with Crippen molar-refractivity contribution in [3.05, 3.63) is 58.6 Å². The van der Waals surface area contributed by atoms with Crippen LogP contribution in [0.4, 0.5) is 5.69 Å². The molecule has 3 rings (SSSR count). The number of ether oxygens (including phenoxy) is 1. The summed E-state index contributed by atoms with van der Waals surface area (Å²) in [7, 11) is -2.14. The fourth-order valence-corrected chi connectivity index (χ4v) is 6.49. The van der Waals surface area contributed by atoms with E-state index in [2.05, 4.69) is 5.32 Å². The number of hydrogen-bond donors (Lipinski definition) is 1. The summed E-state index contributed by atoms with van der Waals surface area (Å²) in [6.45, 7) is 4.31. The fourth-order valence-electron chi connectivity index (χ4n) is 5.29. The van der Waals surface area contributed by atoms with Crippen LogP contribution in [0.3, 0.4) is 0 Å². The van der Waals surface area contributed by atoms with Crippen molar-refractivity contribution in [1.29, 1.82) is 0 Å². The number of hydrogen-bond acceptors (Lipinski definition) is 5. The second kappa shape index (κ2) is 14.7. The van der Waals surface area contributed by atoms with Gasteiger partial charge in [-0.2, -0.15) is 0 Å². The van der Waals surface area contributed by atoms with Crippen LogP contribution in [-0.2, 0) is 26.2 Å². The van der Waals surface area contributed by atoms with Gasteiger partial charge in [0, 0.05) is 25.6 Å².